The largest absolute Gasteiger partial charge is 0.490 e. The van der Waals surface area contributed by atoms with Crippen molar-refractivity contribution in [1.29, 1.82) is 0 Å². The van der Waals surface area contributed by atoms with E-state index < -0.39 is 0 Å². The van der Waals surface area contributed by atoms with Gasteiger partial charge in [0.15, 0.2) is 11.5 Å². The van der Waals surface area contributed by atoms with Gasteiger partial charge in [-0.3, -0.25) is 0 Å². The molecule has 0 aliphatic carbocycles. The lowest BCUT2D eigenvalue weighted by Gasteiger charge is -2.27. The second-order valence-corrected chi connectivity index (χ2v) is 6.13. The van der Waals surface area contributed by atoms with Crippen LogP contribution in [0.1, 0.15) is 42.9 Å². The van der Waals surface area contributed by atoms with E-state index in [4.69, 9.17) is 9.47 Å². The molecule has 0 aromatic heterocycles. The van der Waals surface area contributed by atoms with E-state index in [1.165, 1.54) is 30.4 Å². The summed E-state index contributed by atoms with van der Waals surface area (Å²) in [6.07, 6.45) is 4.71. The number of halogens is 1. The minimum absolute atomic E-state index is 0.431. The number of hydrogen-bond acceptors (Lipinski definition) is 3. The smallest absolute Gasteiger partial charge is 0.164 e. The van der Waals surface area contributed by atoms with Crippen LogP contribution in [0.25, 0.3) is 0 Å². The molecule has 3 nitrogen and oxygen atoms in total. The van der Waals surface area contributed by atoms with Gasteiger partial charge in [-0.1, -0.05) is 22.4 Å². The van der Waals surface area contributed by atoms with Crippen LogP contribution >= 0.6 is 15.9 Å². The maximum absolute atomic E-state index is 5.89. The summed E-state index contributed by atoms with van der Waals surface area (Å²) in [6, 6.07) is 2.50. The Morgan fingerprint density at radius 3 is 2.84 bits per heavy atom. The maximum Gasteiger partial charge on any atom is 0.164 e. The molecule has 0 bridgehead atoms. The highest BCUT2D eigenvalue weighted by Crippen LogP contribution is 2.43. The molecule has 1 saturated heterocycles. The number of nitrogens with one attached hydrogen (secondary N) is 1. The summed E-state index contributed by atoms with van der Waals surface area (Å²) >= 11 is 3.71. The zero-order chi connectivity index (χ0) is 13.2. The van der Waals surface area contributed by atoms with Crippen LogP contribution in [0.15, 0.2) is 10.5 Å². The van der Waals surface area contributed by atoms with Gasteiger partial charge in [0.1, 0.15) is 0 Å². The van der Waals surface area contributed by atoms with E-state index in [-0.39, 0.29) is 0 Å². The van der Waals surface area contributed by atoms with Gasteiger partial charge in [0.05, 0.1) is 13.2 Å². The lowest BCUT2D eigenvalue weighted by molar-refractivity contribution is 0.296. The Morgan fingerprint density at radius 2 is 2.05 bits per heavy atom. The molecular formula is C15H20BrNO2. The second kappa shape index (κ2) is 5.71. The lowest BCUT2D eigenvalue weighted by Crippen LogP contribution is -2.27. The number of rotatable bonds is 1. The number of hydrogen-bond donors (Lipinski definition) is 1. The van der Waals surface area contributed by atoms with Gasteiger partial charge in [0.25, 0.3) is 0 Å². The number of benzene rings is 1. The fraction of sp³-hybridized carbons (Fsp3) is 0.600. The molecule has 2 heterocycles. The third-order valence-corrected chi connectivity index (χ3v) is 4.59. The molecule has 1 aromatic rings. The molecule has 1 N–H and O–H groups in total. The van der Waals surface area contributed by atoms with Gasteiger partial charge >= 0.3 is 0 Å². The predicted molar refractivity (Wildman–Crippen MR) is 79.1 cm³/mol. The maximum atomic E-state index is 5.89. The fourth-order valence-corrected chi connectivity index (χ4v) is 3.75. The highest BCUT2D eigenvalue weighted by molar-refractivity contribution is 9.10. The topological polar surface area (TPSA) is 30.5 Å². The molecule has 19 heavy (non-hydrogen) atoms. The predicted octanol–water partition coefficient (Wildman–Crippen LogP) is 3.73. The molecule has 2 aliphatic heterocycles. The van der Waals surface area contributed by atoms with Crippen LogP contribution in [0.2, 0.25) is 0 Å². The first-order chi connectivity index (χ1) is 9.27. The highest BCUT2D eigenvalue weighted by Gasteiger charge is 2.24. The van der Waals surface area contributed by atoms with Gasteiger partial charge in [-0.2, -0.15) is 0 Å². The molecule has 104 valence electrons. The van der Waals surface area contributed by atoms with Gasteiger partial charge in [0.2, 0.25) is 0 Å². The van der Waals surface area contributed by atoms with E-state index >= 15 is 0 Å². The van der Waals surface area contributed by atoms with Gasteiger partial charge in [-0.25, -0.2) is 0 Å². The summed E-state index contributed by atoms with van der Waals surface area (Å²) in [5.74, 6) is 1.81. The molecule has 1 aromatic carbocycles. The Kier molecular flexibility index (Phi) is 3.99. The normalized spacial score (nSPS) is 22.9. The quantitative estimate of drug-likeness (QED) is 0.853. The highest BCUT2D eigenvalue weighted by atomic mass is 79.9. The SMILES string of the molecule is Cc1c2c(cc(Br)c1C1CCCCN1)OCCCO2. The summed E-state index contributed by atoms with van der Waals surface area (Å²) < 4.78 is 12.8. The first-order valence-corrected chi connectivity index (χ1v) is 7.88. The van der Waals surface area contributed by atoms with E-state index in [0.29, 0.717) is 6.04 Å². The zero-order valence-electron chi connectivity index (χ0n) is 11.3. The monoisotopic (exact) mass is 325 g/mol. The van der Waals surface area contributed by atoms with E-state index in [1.807, 2.05) is 0 Å². The summed E-state index contributed by atoms with van der Waals surface area (Å²) in [5, 5.41) is 3.61. The van der Waals surface area contributed by atoms with Crippen LogP contribution in [0.4, 0.5) is 0 Å². The van der Waals surface area contributed by atoms with Crippen molar-refractivity contribution in [3.05, 3.63) is 21.7 Å². The van der Waals surface area contributed by atoms with Crippen LogP contribution in [-0.4, -0.2) is 19.8 Å². The van der Waals surface area contributed by atoms with Crippen molar-refractivity contribution in [3.8, 4) is 11.5 Å². The Morgan fingerprint density at radius 1 is 1.21 bits per heavy atom. The number of fused-ring (bicyclic) bond motifs is 1. The standard InChI is InChI=1S/C15H20BrNO2/c1-10-14(12-5-2-3-6-17-12)11(16)9-13-15(10)19-8-4-7-18-13/h9,12,17H,2-8H2,1H3. The Labute approximate surface area is 122 Å². The number of ether oxygens (including phenoxy) is 2. The molecule has 0 saturated carbocycles. The van der Waals surface area contributed by atoms with E-state index in [0.717, 1.165) is 42.2 Å². The minimum Gasteiger partial charge on any atom is -0.490 e. The van der Waals surface area contributed by atoms with E-state index in [2.05, 4.69) is 34.2 Å². The molecule has 1 atom stereocenters. The van der Waals surface area contributed by atoms with Crippen molar-refractivity contribution in [2.75, 3.05) is 19.8 Å². The van der Waals surface area contributed by atoms with Crippen molar-refractivity contribution >= 4 is 15.9 Å². The van der Waals surface area contributed by atoms with Crippen LogP contribution in [0.5, 0.6) is 11.5 Å². The summed E-state index contributed by atoms with van der Waals surface area (Å²) in [5.41, 5.74) is 2.55. The summed E-state index contributed by atoms with van der Waals surface area (Å²) in [7, 11) is 0. The average molecular weight is 326 g/mol. The van der Waals surface area contributed by atoms with Crippen LogP contribution < -0.4 is 14.8 Å². The van der Waals surface area contributed by atoms with Gasteiger partial charge in [0, 0.05) is 22.5 Å². The lowest BCUT2D eigenvalue weighted by atomic mass is 9.93. The first-order valence-electron chi connectivity index (χ1n) is 7.09. The van der Waals surface area contributed by atoms with Crippen molar-refractivity contribution < 1.29 is 9.47 Å². The molecule has 0 spiro atoms. The molecule has 1 unspecified atom stereocenters. The van der Waals surface area contributed by atoms with Crippen molar-refractivity contribution in [2.24, 2.45) is 0 Å². The Hall–Kier alpha value is -0.740. The number of piperidine rings is 1. The zero-order valence-corrected chi connectivity index (χ0v) is 12.9. The second-order valence-electron chi connectivity index (χ2n) is 5.28. The summed E-state index contributed by atoms with van der Waals surface area (Å²) in [6.45, 7) is 4.72. The third kappa shape index (κ3) is 2.61. The van der Waals surface area contributed by atoms with Crippen LogP contribution in [0.3, 0.4) is 0 Å². The minimum atomic E-state index is 0.431. The molecule has 3 rings (SSSR count). The van der Waals surface area contributed by atoms with Crippen molar-refractivity contribution in [3.63, 3.8) is 0 Å². The molecular weight excluding hydrogens is 306 g/mol. The van der Waals surface area contributed by atoms with Gasteiger partial charge in [-0.05, 0) is 37.9 Å². The third-order valence-electron chi connectivity index (χ3n) is 3.93. The fourth-order valence-electron chi connectivity index (χ4n) is 2.97. The van der Waals surface area contributed by atoms with Crippen molar-refractivity contribution in [1.82, 2.24) is 5.32 Å². The Balaban J connectivity index is 2.01. The summed E-state index contributed by atoms with van der Waals surface area (Å²) in [4.78, 5) is 0. The molecule has 0 radical (unpaired) electrons. The van der Waals surface area contributed by atoms with Crippen molar-refractivity contribution in [2.45, 2.75) is 38.6 Å². The molecule has 0 amide bonds. The molecule has 4 heteroatoms. The Bertz CT molecular complexity index is 470. The van der Waals surface area contributed by atoms with E-state index in [1.54, 1.807) is 0 Å². The van der Waals surface area contributed by atoms with Crippen LogP contribution in [-0.2, 0) is 0 Å². The van der Waals surface area contributed by atoms with E-state index in [9.17, 15) is 0 Å². The van der Waals surface area contributed by atoms with Gasteiger partial charge in [-0.15, -0.1) is 0 Å². The molecule has 2 aliphatic rings. The molecule has 1 fully saturated rings. The average Bonchev–Trinajstić information content (AvgIpc) is 2.65. The van der Waals surface area contributed by atoms with Gasteiger partial charge < -0.3 is 14.8 Å². The van der Waals surface area contributed by atoms with Crippen LogP contribution in [0, 0.1) is 6.92 Å². The first kappa shape index (κ1) is 13.3.